The second-order valence-corrected chi connectivity index (χ2v) is 4.49. The Bertz CT molecular complexity index is 298. The molecule has 3 heteroatoms. The maximum atomic E-state index is 9.87. The van der Waals surface area contributed by atoms with Crippen LogP contribution in [0.5, 0.6) is 0 Å². The molecule has 0 heterocycles. The van der Waals surface area contributed by atoms with Crippen LogP contribution >= 0.6 is 0 Å². The molecule has 0 fully saturated rings. The van der Waals surface area contributed by atoms with Crippen LogP contribution in [0, 0.1) is 0 Å². The Balaban J connectivity index is 2.31. The molecule has 0 saturated heterocycles. The summed E-state index contributed by atoms with van der Waals surface area (Å²) in [5.41, 5.74) is 0.799. The predicted molar refractivity (Wildman–Crippen MR) is 65.2 cm³/mol. The third kappa shape index (κ3) is 3.93. The van der Waals surface area contributed by atoms with E-state index in [1.807, 2.05) is 51.2 Å². The van der Waals surface area contributed by atoms with Gasteiger partial charge in [0.25, 0.3) is 0 Å². The SMILES string of the molecule is CNC(C)(C)C(O)COCc1ccccc1. The van der Waals surface area contributed by atoms with Crippen molar-refractivity contribution >= 4 is 0 Å². The Hall–Kier alpha value is -0.900. The molecule has 16 heavy (non-hydrogen) atoms. The second-order valence-electron chi connectivity index (χ2n) is 4.49. The van der Waals surface area contributed by atoms with Crippen LogP contribution in [0.1, 0.15) is 19.4 Å². The fourth-order valence-corrected chi connectivity index (χ4v) is 1.24. The molecule has 90 valence electrons. The van der Waals surface area contributed by atoms with Crippen molar-refractivity contribution in [1.29, 1.82) is 0 Å². The topological polar surface area (TPSA) is 41.5 Å². The number of benzene rings is 1. The van der Waals surface area contributed by atoms with Gasteiger partial charge in [-0.1, -0.05) is 30.3 Å². The molecule has 0 saturated carbocycles. The number of aliphatic hydroxyl groups excluding tert-OH is 1. The van der Waals surface area contributed by atoms with Crippen LogP contribution in [0.25, 0.3) is 0 Å². The molecule has 0 aromatic heterocycles. The van der Waals surface area contributed by atoms with Gasteiger partial charge < -0.3 is 15.2 Å². The fourth-order valence-electron chi connectivity index (χ4n) is 1.24. The molecule has 1 rings (SSSR count). The minimum atomic E-state index is -0.513. The van der Waals surface area contributed by atoms with Crippen LogP contribution < -0.4 is 5.32 Å². The van der Waals surface area contributed by atoms with Crippen molar-refractivity contribution in [2.75, 3.05) is 13.7 Å². The lowest BCUT2D eigenvalue weighted by atomic mass is 9.98. The minimum Gasteiger partial charge on any atom is -0.389 e. The highest BCUT2D eigenvalue weighted by Crippen LogP contribution is 2.09. The average molecular weight is 223 g/mol. The Labute approximate surface area is 97.4 Å². The second kappa shape index (κ2) is 5.99. The molecule has 1 atom stereocenters. The maximum Gasteiger partial charge on any atom is 0.0949 e. The maximum absolute atomic E-state index is 9.87. The van der Waals surface area contributed by atoms with Crippen molar-refractivity contribution in [3.05, 3.63) is 35.9 Å². The summed E-state index contributed by atoms with van der Waals surface area (Å²) in [6, 6.07) is 9.95. The lowest BCUT2D eigenvalue weighted by Crippen LogP contribution is -2.49. The van der Waals surface area contributed by atoms with Crippen LogP contribution in [0.2, 0.25) is 0 Å². The van der Waals surface area contributed by atoms with E-state index in [0.717, 1.165) is 5.56 Å². The normalized spacial score (nSPS) is 13.8. The van der Waals surface area contributed by atoms with Gasteiger partial charge in [-0.15, -0.1) is 0 Å². The van der Waals surface area contributed by atoms with E-state index >= 15 is 0 Å². The molecule has 1 aromatic carbocycles. The van der Waals surface area contributed by atoms with E-state index in [-0.39, 0.29) is 5.54 Å². The van der Waals surface area contributed by atoms with E-state index in [2.05, 4.69) is 5.32 Å². The highest BCUT2D eigenvalue weighted by molar-refractivity contribution is 5.13. The van der Waals surface area contributed by atoms with Crippen molar-refractivity contribution in [3.8, 4) is 0 Å². The molecule has 3 nitrogen and oxygen atoms in total. The van der Waals surface area contributed by atoms with Crippen LogP contribution in [-0.4, -0.2) is 30.4 Å². The van der Waals surface area contributed by atoms with Gasteiger partial charge in [-0.05, 0) is 26.5 Å². The zero-order valence-electron chi connectivity index (χ0n) is 10.2. The molecule has 2 N–H and O–H groups in total. The summed E-state index contributed by atoms with van der Waals surface area (Å²) in [5.74, 6) is 0. The van der Waals surface area contributed by atoms with Gasteiger partial charge in [0.05, 0.1) is 19.3 Å². The number of ether oxygens (including phenoxy) is 1. The Morgan fingerprint density at radius 2 is 1.94 bits per heavy atom. The number of aliphatic hydroxyl groups is 1. The summed E-state index contributed by atoms with van der Waals surface area (Å²) >= 11 is 0. The van der Waals surface area contributed by atoms with Gasteiger partial charge in [0.1, 0.15) is 0 Å². The number of hydrogen-bond acceptors (Lipinski definition) is 3. The molecule has 0 bridgehead atoms. The summed E-state index contributed by atoms with van der Waals surface area (Å²) in [5, 5.41) is 12.9. The number of hydrogen-bond donors (Lipinski definition) is 2. The number of likely N-dealkylation sites (N-methyl/N-ethyl adjacent to an activating group) is 1. The van der Waals surface area contributed by atoms with Crippen LogP contribution in [-0.2, 0) is 11.3 Å². The number of rotatable bonds is 6. The molecule has 0 amide bonds. The van der Waals surface area contributed by atoms with Crippen molar-refractivity contribution in [2.45, 2.75) is 32.1 Å². The van der Waals surface area contributed by atoms with Gasteiger partial charge in [0.2, 0.25) is 0 Å². The molecule has 0 aliphatic rings. The zero-order valence-corrected chi connectivity index (χ0v) is 10.2. The zero-order chi connectivity index (χ0) is 12.0. The Morgan fingerprint density at radius 1 is 1.31 bits per heavy atom. The summed E-state index contributed by atoms with van der Waals surface area (Å²) in [6.07, 6.45) is -0.513. The van der Waals surface area contributed by atoms with E-state index < -0.39 is 6.10 Å². The lowest BCUT2D eigenvalue weighted by Gasteiger charge is -2.29. The van der Waals surface area contributed by atoms with Crippen molar-refractivity contribution in [2.24, 2.45) is 0 Å². The molecule has 0 aliphatic heterocycles. The predicted octanol–water partition coefficient (Wildman–Crippen LogP) is 1.56. The van der Waals surface area contributed by atoms with Crippen LogP contribution in [0.3, 0.4) is 0 Å². The monoisotopic (exact) mass is 223 g/mol. The highest BCUT2D eigenvalue weighted by Gasteiger charge is 2.25. The third-order valence-corrected chi connectivity index (χ3v) is 2.86. The van der Waals surface area contributed by atoms with Crippen LogP contribution in [0.15, 0.2) is 30.3 Å². The van der Waals surface area contributed by atoms with Crippen molar-refractivity contribution < 1.29 is 9.84 Å². The fraction of sp³-hybridized carbons (Fsp3) is 0.538. The smallest absolute Gasteiger partial charge is 0.0949 e. The molecule has 0 aliphatic carbocycles. The van der Waals surface area contributed by atoms with E-state index in [0.29, 0.717) is 13.2 Å². The molecule has 0 radical (unpaired) electrons. The van der Waals surface area contributed by atoms with E-state index in [1.165, 1.54) is 0 Å². The van der Waals surface area contributed by atoms with E-state index in [9.17, 15) is 5.11 Å². The van der Waals surface area contributed by atoms with Gasteiger partial charge in [-0.25, -0.2) is 0 Å². The summed E-state index contributed by atoms with van der Waals surface area (Å²) in [7, 11) is 1.83. The van der Waals surface area contributed by atoms with E-state index in [4.69, 9.17) is 4.74 Å². The minimum absolute atomic E-state index is 0.323. The molecule has 1 unspecified atom stereocenters. The molecule has 0 spiro atoms. The Morgan fingerprint density at radius 3 is 2.50 bits per heavy atom. The summed E-state index contributed by atoms with van der Waals surface area (Å²) in [4.78, 5) is 0. The largest absolute Gasteiger partial charge is 0.389 e. The first kappa shape index (κ1) is 13.2. The summed E-state index contributed by atoms with van der Waals surface area (Å²) in [6.45, 7) is 4.77. The lowest BCUT2D eigenvalue weighted by molar-refractivity contribution is -0.0118. The van der Waals surface area contributed by atoms with Crippen molar-refractivity contribution in [3.63, 3.8) is 0 Å². The molecule has 1 aromatic rings. The molecular formula is C13H21NO2. The van der Waals surface area contributed by atoms with Gasteiger partial charge in [-0.2, -0.15) is 0 Å². The van der Waals surface area contributed by atoms with Gasteiger partial charge in [0, 0.05) is 5.54 Å². The first-order chi connectivity index (χ1) is 7.56. The van der Waals surface area contributed by atoms with Crippen molar-refractivity contribution in [1.82, 2.24) is 5.32 Å². The van der Waals surface area contributed by atoms with Gasteiger partial charge >= 0.3 is 0 Å². The Kier molecular flexibility index (Phi) is 4.93. The molecular weight excluding hydrogens is 202 g/mol. The van der Waals surface area contributed by atoms with Crippen LogP contribution in [0.4, 0.5) is 0 Å². The number of nitrogens with one attached hydrogen (secondary N) is 1. The van der Waals surface area contributed by atoms with Gasteiger partial charge in [-0.3, -0.25) is 0 Å². The quantitative estimate of drug-likeness (QED) is 0.769. The van der Waals surface area contributed by atoms with E-state index in [1.54, 1.807) is 0 Å². The highest BCUT2D eigenvalue weighted by atomic mass is 16.5. The van der Waals surface area contributed by atoms with Gasteiger partial charge in [0.15, 0.2) is 0 Å². The first-order valence-electron chi connectivity index (χ1n) is 5.55. The third-order valence-electron chi connectivity index (χ3n) is 2.86. The summed E-state index contributed by atoms with van der Waals surface area (Å²) < 4.78 is 5.48. The average Bonchev–Trinajstić information content (AvgIpc) is 2.30. The first-order valence-corrected chi connectivity index (χ1v) is 5.55. The standard InChI is InChI=1S/C13H21NO2/c1-13(2,14-3)12(15)10-16-9-11-7-5-4-6-8-11/h4-8,12,14-15H,9-10H2,1-3H3.